The zero-order valence-electron chi connectivity index (χ0n) is 18.7. The van der Waals surface area contributed by atoms with Crippen molar-refractivity contribution < 1.29 is 34.8 Å². The number of benzene rings is 2. The number of carbonyl (C=O) groups excluding carboxylic acids is 2. The number of ketones is 2. The summed E-state index contributed by atoms with van der Waals surface area (Å²) >= 11 is 0. The van der Waals surface area contributed by atoms with Gasteiger partial charge in [0.1, 0.15) is 17.2 Å². The summed E-state index contributed by atoms with van der Waals surface area (Å²) < 4.78 is 5.22. The van der Waals surface area contributed by atoms with Gasteiger partial charge in [0.25, 0.3) is 0 Å². The fourth-order valence-electron chi connectivity index (χ4n) is 4.23. The Morgan fingerprint density at radius 2 is 1.62 bits per heavy atom. The summed E-state index contributed by atoms with van der Waals surface area (Å²) in [4.78, 5) is 26.2. The first-order valence-corrected chi connectivity index (χ1v) is 10.4. The SMILES string of the molecule is CC.CO.COc1cccc2c1C(=O)c1c(O)c3c(c(O)c1C2=O)C[C@@H](C(=N)CO)CC3. The number of aromatic hydroxyl groups is 2. The van der Waals surface area contributed by atoms with E-state index >= 15 is 0 Å². The van der Waals surface area contributed by atoms with Crippen molar-refractivity contribution in [1.29, 1.82) is 5.41 Å². The van der Waals surface area contributed by atoms with Crippen LogP contribution in [-0.4, -0.2) is 58.5 Å². The Morgan fingerprint density at radius 1 is 1.03 bits per heavy atom. The maximum atomic E-state index is 13.1. The van der Waals surface area contributed by atoms with Crippen molar-refractivity contribution in [2.24, 2.45) is 5.92 Å². The van der Waals surface area contributed by atoms with E-state index in [1.807, 2.05) is 13.8 Å². The van der Waals surface area contributed by atoms with Crippen LogP contribution in [0.25, 0.3) is 0 Å². The number of aliphatic hydroxyl groups excluding tert-OH is 2. The van der Waals surface area contributed by atoms with E-state index in [1.54, 1.807) is 12.1 Å². The van der Waals surface area contributed by atoms with Gasteiger partial charge in [-0.05, 0) is 25.3 Å². The Morgan fingerprint density at radius 3 is 2.22 bits per heavy atom. The standard InChI is InChI=1S/C21H19NO6.C2H6.CH4O/c1-28-14-4-2-3-11-15(14)21(27)17-16(19(11)25)20(26)12-7-9(13(22)8-23)5-6-10(12)18(17)24;2*1-2/h2-4,9,22-24,26H,5-8H2,1H3;1-2H3;2H,1H3/t9-;;/m0../s1. The molecule has 2 aromatic rings. The maximum absolute atomic E-state index is 13.1. The van der Waals surface area contributed by atoms with E-state index < -0.39 is 11.6 Å². The lowest BCUT2D eigenvalue weighted by molar-refractivity contribution is 0.0971. The van der Waals surface area contributed by atoms with Crippen LogP contribution in [0.3, 0.4) is 0 Å². The van der Waals surface area contributed by atoms with Crippen LogP contribution in [0.2, 0.25) is 0 Å². The molecular formula is C24H29NO7. The van der Waals surface area contributed by atoms with Crippen LogP contribution in [0.4, 0.5) is 0 Å². The van der Waals surface area contributed by atoms with E-state index in [0.717, 1.165) is 7.11 Å². The molecule has 0 amide bonds. The normalized spacial score (nSPS) is 15.8. The molecule has 2 aliphatic carbocycles. The van der Waals surface area contributed by atoms with Crippen LogP contribution in [0.1, 0.15) is 63.2 Å². The molecule has 8 nitrogen and oxygen atoms in total. The number of methoxy groups -OCH3 is 1. The average molecular weight is 443 g/mol. The predicted molar refractivity (Wildman–Crippen MR) is 119 cm³/mol. The molecule has 32 heavy (non-hydrogen) atoms. The van der Waals surface area contributed by atoms with Gasteiger partial charge in [-0.15, -0.1) is 0 Å². The van der Waals surface area contributed by atoms with E-state index in [0.29, 0.717) is 24.0 Å². The largest absolute Gasteiger partial charge is 0.507 e. The molecule has 0 spiro atoms. The van der Waals surface area contributed by atoms with Crippen LogP contribution in [0, 0.1) is 11.3 Å². The number of hydrogen-bond acceptors (Lipinski definition) is 8. The number of rotatable bonds is 3. The van der Waals surface area contributed by atoms with Gasteiger partial charge in [-0.25, -0.2) is 0 Å². The second-order valence-electron chi connectivity index (χ2n) is 7.07. The summed E-state index contributed by atoms with van der Waals surface area (Å²) in [6.07, 6.45) is 1.05. The van der Waals surface area contributed by atoms with E-state index in [2.05, 4.69) is 0 Å². The van der Waals surface area contributed by atoms with Crippen molar-refractivity contribution in [3.8, 4) is 17.2 Å². The van der Waals surface area contributed by atoms with Gasteiger partial charge in [0, 0.05) is 35.4 Å². The fraction of sp³-hybridized carbons (Fsp3) is 0.375. The summed E-state index contributed by atoms with van der Waals surface area (Å²) in [5, 5.41) is 45.8. The molecule has 0 heterocycles. The van der Waals surface area contributed by atoms with Crippen molar-refractivity contribution in [2.75, 3.05) is 20.8 Å². The summed E-state index contributed by atoms with van der Waals surface area (Å²) in [5.74, 6) is -1.81. The fourth-order valence-corrected chi connectivity index (χ4v) is 4.23. The Labute approximate surface area is 186 Å². The minimum atomic E-state index is -0.567. The monoisotopic (exact) mass is 443 g/mol. The molecule has 2 aromatic carbocycles. The number of aliphatic hydroxyl groups is 2. The van der Waals surface area contributed by atoms with E-state index in [1.165, 1.54) is 13.2 Å². The van der Waals surface area contributed by atoms with Gasteiger partial charge < -0.3 is 30.6 Å². The second-order valence-corrected chi connectivity index (χ2v) is 7.07. The van der Waals surface area contributed by atoms with Crippen LogP contribution in [-0.2, 0) is 12.8 Å². The molecular weight excluding hydrogens is 414 g/mol. The molecule has 2 aliphatic rings. The Balaban J connectivity index is 0.000000860. The van der Waals surface area contributed by atoms with Gasteiger partial charge >= 0.3 is 0 Å². The Hall–Kier alpha value is -3.23. The van der Waals surface area contributed by atoms with E-state index in [-0.39, 0.29) is 64.2 Å². The highest BCUT2D eigenvalue weighted by Crippen LogP contribution is 2.47. The van der Waals surface area contributed by atoms with Crippen molar-refractivity contribution in [3.63, 3.8) is 0 Å². The minimum absolute atomic E-state index is 0.0768. The Kier molecular flexibility index (Phi) is 8.13. The molecule has 0 saturated carbocycles. The molecule has 172 valence electrons. The van der Waals surface area contributed by atoms with E-state index in [4.69, 9.17) is 15.3 Å². The first-order valence-electron chi connectivity index (χ1n) is 10.4. The number of ether oxygens (including phenoxy) is 1. The van der Waals surface area contributed by atoms with Crippen molar-refractivity contribution in [1.82, 2.24) is 0 Å². The van der Waals surface area contributed by atoms with E-state index in [9.17, 15) is 24.9 Å². The molecule has 8 heteroatoms. The molecule has 0 radical (unpaired) electrons. The number of phenols is 2. The third-order valence-corrected chi connectivity index (χ3v) is 5.69. The minimum Gasteiger partial charge on any atom is -0.507 e. The zero-order chi connectivity index (χ0) is 24.2. The van der Waals surface area contributed by atoms with Crippen LogP contribution in [0.15, 0.2) is 18.2 Å². The van der Waals surface area contributed by atoms with Crippen molar-refractivity contribution in [2.45, 2.75) is 33.1 Å². The molecule has 5 N–H and O–H groups in total. The summed E-state index contributed by atoms with van der Waals surface area (Å²) in [5.41, 5.74) is 0.692. The molecule has 1 atom stereocenters. The number of phenolic OH excluding ortho intramolecular Hbond substituents is 2. The number of carbonyl (C=O) groups is 2. The topological polar surface area (TPSA) is 148 Å². The first-order chi connectivity index (χ1) is 15.4. The smallest absolute Gasteiger partial charge is 0.202 e. The quantitative estimate of drug-likeness (QED) is 0.309. The summed E-state index contributed by atoms with van der Waals surface area (Å²) in [6.45, 7) is 3.61. The predicted octanol–water partition coefficient (Wildman–Crippen LogP) is 2.63. The lowest BCUT2D eigenvalue weighted by Crippen LogP contribution is -2.27. The van der Waals surface area contributed by atoms with Gasteiger partial charge in [-0.3, -0.25) is 9.59 Å². The molecule has 0 aromatic heterocycles. The second kappa shape index (κ2) is 10.4. The lowest BCUT2D eigenvalue weighted by atomic mass is 9.74. The molecule has 0 saturated heterocycles. The van der Waals surface area contributed by atoms with Gasteiger partial charge in [0.15, 0.2) is 5.78 Å². The Bertz CT molecular complexity index is 1060. The summed E-state index contributed by atoms with van der Waals surface area (Å²) in [6, 6.07) is 4.64. The van der Waals surface area contributed by atoms with Crippen LogP contribution in [0.5, 0.6) is 17.2 Å². The molecule has 4 rings (SSSR count). The molecule has 0 aliphatic heterocycles. The maximum Gasteiger partial charge on any atom is 0.202 e. The molecule has 0 fully saturated rings. The highest BCUT2D eigenvalue weighted by atomic mass is 16.5. The zero-order valence-corrected chi connectivity index (χ0v) is 18.7. The number of fused-ring (bicyclic) bond motifs is 3. The number of hydrogen-bond donors (Lipinski definition) is 5. The highest BCUT2D eigenvalue weighted by molar-refractivity contribution is 6.31. The number of nitrogens with one attached hydrogen (secondary N) is 1. The molecule has 0 bridgehead atoms. The van der Waals surface area contributed by atoms with Crippen molar-refractivity contribution >= 4 is 17.3 Å². The van der Waals surface area contributed by atoms with Crippen LogP contribution >= 0.6 is 0 Å². The third kappa shape index (κ3) is 3.87. The molecule has 0 unspecified atom stereocenters. The average Bonchev–Trinajstić information content (AvgIpc) is 2.85. The van der Waals surface area contributed by atoms with Gasteiger partial charge in [0.05, 0.1) is 30.4 Å². The van der Waals surface area contributed by atoms with Crippen LogP contribution < -0.4 is 4.74 Å². The van der Waals surface area contributed by atoms with Crippen molar-refractivity contribution in [3.05, 3.63) is 51.6 Å². The lowest BCUT2D eigenvalue weighted by Gasteiger charge is -2.30. The van der Waals surface area contributed by atoms with Gasteiger partial charge in [-0.2, -0.15) is 0 Å². The summed E-state index contributed by atoms with van der Waals surface area (Å²) in [7, 11) is 2.39. The third-order valence-electron chi connectivity index (χ3n) is 5.69. The first kappa shape index (κ1) is 25.0. The van der Waals surface area contributed by atoms with Gasteiger partial charge in [0.2, 0.25) is 5.78 Å². The highest BCUT2D eigenvalue weighted by Gasteiger charge is 2.40. The van der Waals surface area contributed by atoms with Gasteiger partial charge in [-0.1, -0.05) is 26.0 Å².